The standard InChI is InChI=1S/C22H31N9O4/c1-12-13(2)19(28-31-25)22(34-18(12)10-32)35-21-14(3)20(33-11-15-7-5-4-6-8-15)16(26-29-23)9-17(21)27-30-24/h4-8,12-14,16-22,32H,9-11H2,1-3H3/t12-,13-,14+,16?,17?,18?,19-,20-,21-,22?/m0/s1. The van der Waals surface area contributed by atoms with Crippen molar-refractivity contribution in [1.29, 1.82) is 0 Å². The van der Waals surface area contributed by atoms with E-state index in [1.165, 1.54) is 0 Å². The molecule has 0 radical (unpaired) electrons. The molecule has 1 aromatic carbocycles. The third-order valence-corrected chi connectivity index (χ3v) is 7.16. The molecular weight excluding hydrogens is 454 g/mol. The fraction of sp³-hybridized carbons (Fsp3) is 0.727. The lowest BCUT2D eigenvalue weighted by Gasteiger charge is -2.47. The Kier molecular flexibility index (Phi) is 9.59. The molecule has 1 saturated heterocycles. The Balaban J connectivity index is 1.88. The van der Waals surface area contributed by atoms with Crippen LogP contribution in [0.4, 0.5) is 0 Å². The molecule has 2 aliphatic rings. The summed E-state index contributed by atoms with van der Waals surface area (Å²) >= 11 is 0. The van der Waals surface area contributed by atoms with Crippen LogP contribution >= 0.6 is 0 Å². The van der Waals surface area contributed by atoms with Crippen molar-refractivity contribution < 1.29 is 19.3 Å². The summed E-state index contributed by atoms with van der Waals surface area (Å²) in [5, 5.41) is 21.6. The van der Waals surface area contributed by atoms with Gasteiger partial charge in [-0.1, -0.05) is 66.4 Å². The molecular formula is C22H31N9O4. The van der Waals surface area contributed by atoms with Crippen molar-refractivity contribution in [2.24, 2.45) is 33.1 Å². The van der Waals surface area contributed by atoms with E-state index in [1.807, 2.05) is 51.1 Å². The number of aliphatic hydroxyl groups excluding tert-OH is 1. The molecule has 1 aliphatic heterocycles. The molecule has 3 rings (SSSR count). The lowest BCUT2D eigenvalue weighted by molar-refractivity contribution is -0.269. The molecule has 1 saturated carbocycles. The van der Waals surface area contributed by atoms with Crippen LogP contribution < -0.4 is 0 Å². The highest BCUT2D eigenvalue weighted by Gasteiger charge is 2.48. The van der Waals surface area contributed by atoms with Gasteiger partial charge in [0, 0.05) is 20.7 Å². The first-order chi connectivity index (χ1) is 16.9. The second kappa shape index (κ2) is 12.6. The minimum absolute atomic E-state index is 0.0663. The van der Waals surface area contributed by atoms with Gasteiger partial charge < -0.3 is 19.3 Å². The van der Waals surface area contributed by atoms with Gasteiger partial charge >= 0.3 is 0 Å². The normalized spacial score (nSPS) is 36.8. The molecule has 0 aromatic heterocycles. The average molecular weight is 486 g/mol. The van der Waals surface area contributed by atoms with E-state index in [4.69, 9.17) is 25.3 Å². The molecule has 1 heterocycles. The van der Waals surface area contributed by atoms with Crippen molar-refractivity contribution in [3.8, 4) is 0 Å². The molecule has 10 atom stereocenters. The average Bonchev–Trinajstić information content (AvgIpc) is 2.86. The quantitative estimate of drug-likeness (QED) is 0.291. The van der Waals surface area contributed by atoms with Gasteiger partial charge in [0.05, 0.1) is 49.7 Å². The van der Waals surface area contributed by atoms with Crippen LogP contribution in [-0.4, -0.2) is 54.4 Å². The lowest BCUT2D eigenvalue weighted by Crippen LogP contribution is -2.57. The zero-order chi connectivity index (χ0) is 25.4. The van der Waals surface area contributed by atoms with E-state index in [0.717, 1.165) is 5.56 Å². The summed E-state index contributed by atoms with van der Waals surface area (Å²) < 4.78 is 18.6. The van der Waals surface area contributed by atoms with Crippen molar-refractivity contribution >= 4 is 0 Å². The number of hydrogen-bond acceptors (Lipinski definition) is 7. The summed E-state index contributed by atoms with van der Waals surface area (Å²) in [6.07, 6.45) is -2.43. The molecule has 0 bridgehead atoms. The fourth-order valence-electron chi connectivity index (χ4n) is 4.98. The van der Waals surface area contributed by atoms with Crippen LogP contribution in [-0.2, 0) is 20.8 Å². The van der Waals surface area contributed by atoms with Gasteiger partial charge in [0.2, 0.25) is 0 Å². The van der Waals surface area contributed by atoms with Crippen LogP contribution in [0.5, 0.6) is 0 Å². The van der Waals surface area contributed by atoms with E-state index >= 15 is 0 Å². The summed E-state index contributed by atoms with van der Waals surface area (Å²) in [6, 6.07) is 7.72. The van der Waals surface area contributed by atoms with Crippen LogP contribution in [0.25, 0.3) is 31.3 Å². The van der Waals surface area contributed by atoms with Crippen LogP contribution in [0.15, 0.2) is 45.7 Å². The van der Waals surface area contributed by atoms with Gasteiger partial charge in [0.15, 0.2) is 6.29 Å². The maximum Gasteiger partial charge on any atom is 0.167 e. The van der Waals surface area contributed by atoms with Gasteiger partial charge in [-0.15, -0.1) is 0 Å². The van der Waals surface area contributed by atoms with E-state index in [1.54, 1.807) is 0 Å². The van der Waals surface area contributed by atoms with Gasteiger partial charge in [-0.2, -0.15) is 0 Å². The summed E-state index contributed by atoms with van der Waals surface area (Å²) in [5.74, 6) is -0.556. The minimum Gasteiger partial charge on any atom is -0.394 e. The monoisotopic (exact) mass is 485 g/mol. The van der Waals surface area contributed by atoms with Gasteiger partial charge in [0.1, 0.15) is 0 Å². The highest BCUT2D eigenvalue weighted by molar-refractivity contribution is 5.13. The maximum absolute atomic E-state index is 9.80. The summed E-state index contributed by atoms with van der Waals surface area (Å²) in [5.41, 5.74) is 28.4. The van der Waals surface area contributed by atoms with E-state index in [0.29, 0.717) is 6.61 Å². The molecule has 35 heavy (non-hydrogen) atoms. The van der Waals surface area contributed by atoms with Crippen molar-refractivity contribution in [3.63, 3.8) is 0 Å². The third-order valence-electron chi connectivity index (χ3n) is 7.16. The predicted molar refractivity (Wildman–Crippen MR) is 127 cm³/mol. The zero-order valence-electron chi connectivity index (χ0n) is 20.0. The SMILES string of the molecule is C[C@@H]1[C@H](OCc2ccccc2)C(N=[N+]=[N-])CC(N=[N+]=[N-])[C@H]1OC1OC(CO)[C@@H](C)[C@H](C)[C@@H]1N=[N+]=[N-]. The molecule has 2 fully saturated rings. The van der Waals surface area contributed by atoms with Crippen LogP contribution in [0.2, 0.25) is 0 Å². The van der Waals surface area contributed by atoms with E-state index in [-0.39, 0.29) is 30.8 Å². The minimum atomic E-state index is -0.955. The lowest BCUT2D eigenvalue weighted by atomic mass is 9.78. The fourth-order valence-corrected chi connectivity index (χ4v) is 4.98. The number of rotatable bonds is 9. The number of hydrogen-bond donors (Lipinski definition) is 1. The molecule has 0 amide bonds. The molecule has 1 aliphatic carbocycles. The first-order valence-corrected chi connectivity index (χ1v) is 11.6. The Morgan fingerprint density at radius 3 is 2.14 bits per heavy atom. The van der Waals surface area contributed by atoms with Crippen molar-refractivity contribution in [1.82, 2.24) is 0 Å². The van der Waals surface area contributed by atoms with E-state index < -0.39 is 42.7 Å². The number of azide groups is 3. The molecule has 4 unspecified atom stereocenters. The van der Waals surface area contributed by atoms with Crippen LogP contribution in [0.3, 0.4) is 0 Å². The van der Waals surface area contributed by atoms with Gasteiger partial charge in [-0.25, -0.2) is 0 Å². The largest absolute Gasteiger partial charge is 0.394 e. The number of aliphatic hydroxyl groups is 1. The van der Waals surface area contributed by atoms with E-state index in [9.17, 15) is 10.6 Å². The van der Waals surface area contributed by atoms with Gasteiger partial charge in [-0.05, 0) is 40.4 Å². The highest BCUT2D eigenvalue weighted by Crippen LogP contribution is 2.39. The molecule has 0 spiro atoms. The number of nitrogens with zero attached hydrogens (tertiary/aromatic N) is 9. The third kappa shape index (κ3) is 6.17. The molecule has 13 heteroatoms. The Bertz CT molecular complexity index is 978. The zero-order valence-corrected chi connectivity index (χ0v) is 20.0. The Labute approximate surface area is 203 Å². The Hall–Kier alpha value is -3.01. The van der Waals surface area contributed by atoms with Crippen molar-refractivity contribution in [3.05, 3.63) is 67.2 Å². The highest BCUT2D eigenvalue weighted by atomic mass is 16.7. The van der Waals surface area contributed by atoms with Crippen LogP contribution in [0.1, 0.15) is 32.8 Å². The predicted octanol–water partition coefficient (Wildman–Crippen LogP) is 5.02. The molecule has 1 aromatic rings. The van der Waals surface area contributed by atoms with Crippen LogP contribution in [0, 0.1) is 17.8 Å². The second-order valence-corrected chi connectivity index (χ2v) is 9.14. The maximum atomic E-state index is 9.80. The molecule has 188 valence electrons. The van der Waals surface area contributed by atoms with Crippen molar-refractivity contribution in [2.45, 2.75) is 76.5 Å². The molecule has 1 N–H and O–H groups in total. The number of ether oxygens (including phenoxy) is 3. The Morgan fingerprint density at radius 1 is 0.914 bits per heavy atom. The first-order valence-electron chi connectivity index (χ1n) is 11.6. The van der Waals surface area contributed by atoms with E-state index in [2.05, 4.69) is 30.1 Å². The van der Waals surface area contributed by atoms with Crippen molar-refractivity contribution in [2.75, 3.05) is 6.61 Å². The molecule has 13 nitrogen and oxygen atoms in total. The second-order valence-electron chi connectivity index (χ2n) is 9.14. The first kappa shape index (κ1) is 26.6. The summed E-state index contributed by atoms with van der Waals surface area (Å²) in [7, 11) is 0. The smallest absolute Gasteiger partial charge is 0.167 e. The van der Waals surface area contributed by atoms with Gasteiger partial charge in [0.25, 0.3) is 0 Å². The van der Waals surface area contributed by atoms with Gasteiger partial charge in [-0.3, -0.25) is 0 Å². The Morgan fingerprint density at radius 2 is 1.54 bits per heavy atom. The summed E-state index contributed by atoms with van der Waals surface area (Å²) in [4.78, 5) is 8.91. The summed E-state index contributed by atoms with van der Waals surface area (Å²) in [6.45, 7) is 5.81. The number of benzene rings is 1. The topological polar surface area (TPSA) is 194 Å².